The summed E-state index contributed by atoms with van der Waals surface area (Å²) < 4.78 is 0. The van der Waals surface area contributed by atoms with Gasteiger partial charge in [-0.3, -0.25) is 0 Å². The highest BCUT2D eigenvalue weighted by molar-refractivity contribution is 5.50. The van der Waals surface area contributed by atoms with Crippen molar-refractivity contribution in [2.75, 3.05) is 20.6 Å². The molecule has 0 aromatic carbocycles. The molecule has 3 nitrogen and oxygen atoms in total. The van der Waals surface area contributed by atoms with Crippen LogP contribution in [-0.4, -0.2) is 43.0 Å². The van der Waals surface area contributed by atoms with Gasteiger partial charge in [-0.05, 0) is 14.1 Å². The van der Waals surface area contributed by atoms with Crippen LogP contribution in [0.4, 0.5) is 0 Å². The van der Waals surface area contributed by atoms with Crippen molar-refractivity contribution in [3.63, 3.8) is 0 Å². The lowest BCUT2D eigenvalue weighted by molar-refractivity contribution is -0.109. The monoisotopic (exact) mass is 131 g/mol. The number of aliphatic hydroxyl groups is 1. The molecular formula is C6H13NO2. The summed E-state index contributed by atoms with van der Waals surface area (Å²) in [5.41, 5.74) is 0. The van der Waals surface area contributed by atoms with Crippen molar-refractivity contribution in [2.24, 2.45) is 0 Å². The van der Waals surface area contributed by atoms with Crippen LogP contribution in [0, 0.1) is 0 Å². The van der Waals surface area contributed by atoms with E-state index in [1.807, 2.05) is 19.0 Å². The molecule has 9 heavy (non-hydrogen) atoms. The summed E-state index contributed by atoms with van der Waals surface area (Å²) in [5.74, 6) is 0. The van der Waals surface area contributed by atoms with Gasteiger partial charge in [0.2, 0.25) is 0 Å². The van der Waals surface area contributed by atoms with Gasteiger partial charge in [-0.15, -0.1) is 0 Å². The first kappa shape index (κ1) is 8.59. The summed E-state index contributed by atoms with van der Waals surface area (Å²) in [6.45, 7) is 0.554. The van der Waals surface area contributed by atoms with Crippen LogP contribution >= 0.6 is 0 Å². The van der Waals surface area contributed by atoms with Gasteiger partial charge in [0.15, 0.2) is 0 Å². The maximum absolute atomic E-state index is 9.82. The number of carbonyl (C=O) groups excluding carboxylic acids is 1. The first-order valence-electron chi connectivity index (χ1n) is 2.93. The van der Waals surface area contributed by atoms with Crippen molar-refractivity contribution in [1.29, 1.82) is 0 Å². The summed E-state index contributed by atoms with van der Waals surface area (Å²) >= 11 is 0. The van der Waals surface area contributed by atoms with E-state index in [4.69, 9.17) is 5.11 Å². The van der Waals surface area contributed by atoms with Gasteiger partial charge in [0.25, 0.3) is 0 Å². The number of hydrogen-bond acceptors (Lipinski definition) is 3. The lowest BCUT2D eigenvalue weighted by Gasteiger charge is -2.12. The minimum atomic E-state index is -0.502. The highest BCUT2D eigenvalue weighted by Gasteiger charge is 2.02. The van der Waals surface area contributed by atoms with Crippen molar-refractivity contribution in [3.05, 3.63) is 0 Å². The lowest BCUT2D eigenvalue weighted by Crippen LogP contribution is -2.25. The van der Waals surface area contributed by atoms with E-state index in [9.17, 15) is 4.79 Å². The predicted molar refractivity (Wildman–Crippen MR) is 35.2 cm³/mol. The van der Waals surface area contributed by atoms with E-state index in [-0.39, 0.29) is 6.42 Å². The fourth-order valence-corrected chi connectivity index (χ4v) is 0.607. The van der Waals surface area contributed by atoms with Crippen LogP contribution in [0.2, 0.25) is 0 Å². The van der Waals surface area contributed by atoms with Crippen LogP contribution in [0.3, 0.4) is 0 Å². The zero-order chi connectivity index (χ0) is 7.28. The Bertz CT molecular complexity index is 83.1. The Kier molecular flexibility index (Phi) is 4.26. The molecule has 1 N–H and O–H groups in total. The fraction of sp³-hybridized carbons (Fsp3) is 0.833. The highest BCUT2D eigenvalue weighted by atomic mass is 16.3. The van der Waals surface area contributed by atoms with Crippen LogP contribution in [0.1, 0.15) is 6.42 Å². The summed E-state index contributed by atoms with van der Waals surface area (Å²) in [5, 5.41) is 8.95. The van der Waals surface area contributed by atoms with E-state index < -0.39 is 6.10 Å². The van der Waals surface area contributed by atoms with E-state index in [1.54, 1.807) is 0 Å². The Morgan fingerprint density at radius 1 is 1.67 bits per heavy atom. The number of likely N-dealkylation sites (N-methyl/N-ethyl adjacent to an activating group) is 1. The third-order valence-corrected chi connectivity index (χ3v) is 0.944. The molecule has 0 saturated heterocycles. The second-order valence-electron chi connectivity index (χ2n) is 2.32. The average Bonchev–Trinajstić information content (AvgIpc) is 1.63. The molecule has 0 spiro atoms. The predicted octanol–water partition coefficient (Wildman–Crippen LogP) is -0.502. The van der Waals surface area contributed by atoms with E-state index in [0.29, 0.717) is 6.54 Å². The molecule has 0 aliphatic rings. The second-order valence-corrected chi connectivity index (χ2v) is 2.32. The number of hydrogen-bond donors (Lipinski definition) is 1. The Morgan fingerprint density at radius 2 is 2.22 bits per heavy atom. The van der Waals surface area contributed by atoms with E-state index >= 15 is 0 Å². The minimum absolute atomic E-state index is 0.234. The zero-order valence-electron chi connectivity index (χ0n) is 5.87. The summed E-state index contributed by atoms with van der Waals surface area (Å²) in [6, 6.07) is 0. The van der Waals surface area contributed by atoms with Crippen LogP contribution in [0.15, 0.2) is 0 Å². The molecule has 0 heterocycles. The van der Waals surface area contributed by atoms with Crippen molar-refractivity contribution in [3.8, 4) is 0 Å². The van der Waals surface area contributed by atoms with Crippen molar-refractivity contribution in [1.82, 2.24) is 4.90 Å². The molecule has 0 saturated carbocycles. The lowest BCUT2D eigenvalue weighted by atomic mass is 10.3. The van der Waals surface area contributed by atoms with Crippen LogP contribution in [-0.2, 0) is 4.79 Å². The summed E-state index contributed by atoms with van der Waals surface area (Å²) in [7, 11) is 3.71. The first-order valence-corrected chi connectivity index (χ1v) is 2.93. The minimum Gasteiger partial charge on any atom is -0.391 e. The molecule has 3 heteroatoms. The van der Waals surface area contributed by atoms with Gasteiger partial charge in [0.05, 0.1) is 6.10 Å². The molecule has 0 bridgehead atoms. The fourth-order valence-electron chi connectivity index (χ4n) is 0.607. The number of carbonyl (C=O) groups is 1. The molecule has 0 aliphatic heterocycles. The number of rotatable bonds is 4. The van der Waals surface area contributed by atoms with Gasteiger partial charge in [-0.1, -0.05) is 0 Å². The largest absolute Gasteiger partial charge is 0.391 e. The number of aldehydes is 1. The Morgan fingerprint density at radius 3 is 2.56 bits per heavy atom. The van der Waals surface area contributed by atoms with Crippen LogP contribution in [0.5, 0.6) is 0 Å². The van der Waals surface area contributed by atoms with Gasteiger partial charge >= 0.3 is 0 Å². The van der Waals surface area contributed by atoms with Gasteiger partial charge in [-0.25, -0.2) is 0 Å². The Hall–Kier alpha value is -0.410. The third kappa shape index (κ3) is 5.46. The second kappa shape index (κ2) is 4.47. The molecule has 54 valence electrons. The SMILES string of the molecule is CN(C)CC(O)CC=O. The van der Waals surface area contributed by atoms with E-state index in [2.05, 4.69) is 0 Å². The van der Waals surface area contributed by atoms with Crippen LogP contribution < -0.4 is 0 Å². The van der Waals surface area contributed by atoms with Gasteiger partial charge in [-0.2, -0.15) is 0 Å². The molecule has 0 amide bonds. The smallest absolute Gasteiger partial charge is 0.122 e. The quantitative estimate of drug-likeness (QED) is 0.523. The zero-order valence-corrected chi connectivity index (χ0v) is 5.87. The van der Waals surface area contributed by atoms with Crippen LogP contribution in [0.25, 0.3) is 0 Å². The Balaban J connectivity index is 3.25. The topological polar surface area (TPSA) is 40.5 Å². The van der Waals surface area contributed by atoms with Gasteiger partial charge in [0, 0.05) is 13.0 Å². The Labute approximate surface area is 55.3 Å². The number of aliphatic hydroxyl groups excluding tert-OH is 1. The summed E-state index contributed by atoms with van der Waals surface area (Å²) in [6.07, 6.45) is 0.462. The average molecular weight is 131 g/mol. The molecule has 1 unspecified atom stereocenters. The van der Waals surface area contributed by atoms with Crippen molar-refractivity contribution in [2.45, 2.75) is 12.5 Å². The molecule has 0 aromatic heterocycles. The maximum Gasteiger partial charge on any atom is 0.122 e. The first-order chi connectivity index (χ1) is 4.16. The third-order valence-electron chi connectivity index (χ3n) is 0.944. The highest BCUT2D eigenvalue weighted by Crippen LogP contribution is 1.88. The molecule has 0 radical (unpaired) electrons. The standard InChI is InChI=1S/C6H13NO2/c1-7(2)5-6(9)3-4-8/h4,6,9H,3,5H2,1-2H3. The molecule has 1 atom stereocenters. The maximum atomic E-state index is 9.82. The molecule has 0 aliphatic carbocycles. The normalized spacial score (nSPS) is 13.8. The summed E-state index contributed by atoms with van der Waals surface area (Å²) in [4.78, 5) is 11.7. The van der Waals surface area contributed by atoms with E-state index in [0.717, 1.165) is 6.29 Å². The molecule has 0 aromatic rings. The van der Waals surface area contributed by atoms with Crippen molar-refractivity contribution >= 4 is 6.29 Å². The van der Waals surface area contributed by atoms with E-state index in [1.165, 1.54) is 0 Å². The molecular weight excluding hydrogens is 118 g/mol. The number of nitrogens with zero attached hydrogens (tertiary/aromatic N) is 1. The van der Waals surface area contributed by atoms with Gasteiger partial charge in [0.1, 0.15) is 6.29 Å². The molecule has 0 fully saturated rings. The van der Waals surface area contributed by atoms with Gasteiger partial charge < -0.3 is 14.8 Å². The van der Waals surface area contributed by atoms with Crippen molar-refractivity contribution < 1.29 is 9.90 Å². The molecule has 0 rings (SSSR count).